The standard InChI is InChI=1S/C18H26FNO3S/c1-24(22,23)12-11-20-18(21)13-17(14-5-3-2-4-6-14)15-7-9-16(19)10-8-15/h7-10,14,17H,2-6,11-13H2,1H3,(H,20,21). The Labute approximate surface area is 143 Å². The third kappa shape index (κ3) is 6.23. The molecule has 0 heterocycles. The lowest BCUT2D eigenvalue weighted by Gasteiger charge is -2.30. The molecule has 0 spiro atoms. The Morgan fingerprint density at radius 1 is 1.21 bits per heavy atom. The number of sulfone groups is 1. The summed E-state index contributed by atoms with van der Waals surface area (Å²) in [5, 5.41) is 2.70. The predicted molar refractivity (Wildman–Crippen MR) is 93.1 cm³/mol. The summed E-state index contributed by atoms with van der Waals surface area (Å²) in [7, 11) is -3.08. The molecule has 1 fully saturated rings. The molecule has 0 aliphatic heterocycles. The number of hydrogen-bond donors (Lipinski definition) is 1. The zero-order chi connectivity index (χ0) is 17.6. The average Bonchev–Trinajstić information content (AvgIpc) is 2.53. The van der Waals surface area contributed by atoms with E-state index in [0.29, 0.717) is 12.3 Å². The molecule has 1 unspecified atom stereocenters. The van der Waals surface area contributed by atoms with E-state index in [1.165, 1.54) is 18.6 Å². The van der Waals surface area contributed by atoms with E-state index in [1.807, 2.05) is 0 Å². The minimum Gasteiger partial charge on any atom is -0.355 e. The maximum absolute atomic E-state index is 13.2. The van der Waals surface area contributed by atoms with E-state index in [1.54, 1.807) is 12.1 Å². The normalized spacial score (nSPS) is 17.4. The average molecular weight is 355 g/mol. The molecule has 1 saturated carbocycles. The second-order valence-corrected chi connectivity index (χ2v) is 9.00. The van der Waals surface area contributed by atoms with Crippen LogP contribution in [0.4, 0.5) is 4.39 Å². The molecule has 1 amide bonds. The fraction of sp³-hybridized carbons (Fsp3) is 0.611. The van der Waals surface area contributed by atoms with E-state index in [-0.39, 0.29) is 29.9 Å². The van der Waals surface area contributed by atoms with E-state index < -0.39 is 9.84 Å². The van der Waals surface area contributed by atoms with Crippen LogP contribution >= 0.6 is 0 Å². The second kappa shape index (κ2) is 8.60. The zero-order valence-electron chi connectivity index (χ0n) is 14.1. The van der Waals surface area contributed by atoms with Crippen LogP contribution in [0.2, 0.25) is 0 Å². The minimum absolute atomic E-state index is 0.0522. The first-order valence-corrected chi connectivity index (χ1v) is 10.6. The van der Waals surface area contributed by atoms with Crippen LogP contribution in [0.1, 0.15) is 50.0 Å². The Kier molecular flexibility index (Phi) is 6.78. The lowest BCUT2D eigenvalue weighted by molar-refractivity contribution is -0.121. The summed E-state index contributed by atoms with van der Waals surface area (Å²) < 4.78 is 35.5. The van der Waals surface area contributed by atoms with E-state index in [0.717, 1.165) is 37.5 Å². The molecule has 0 aromatic heterocycles. The van der Waals surface area contributed by atoms with E-state index in [4.69, 9.17) is 0 Å². The molecular formula is C18H26FNO3S. The quantitative estimate of drug-likeness (QED) is 0.818. The SMILES string of the molecule is CS(=O)(=O)CCNC(=O)CC(c1ccc(F)cc1)C1CCCCC1. The van der Waals surface area contributed by atoms with Crippen LogP contribution in [0.5, 0.6) is 0 Å². The molecule has 1 atom stereocenters. The maximum Gasteiger partial charge on any atom is 0.220 e. The lowest BCUT2D eigenvalue weighted by atomic mass is 9.75. The van der Waals surface area contributed by atoms with Crippen LogP contribution in [0.25, 0.3) is 0 Å². The minimum atomic E-state index is -3.08. The van der Waals surface area contributed by atoms with E-state index in [9.17, 15) is 17.6 Å². The van der Waals surface area contributed by atoms with Crippen LogP contribution < -0.4 is 5.32 Å². The van der Waals surface area contributed by atoms with E-state index >= 15 is 0 Å². The molecule has 1 aromatic rings. The summed E-state index contributed by atoms with van der Waals surface area (Å²) in [5.41, 5.74) is 0.988. The van der Waals surface area contributed by atoms with Gasteiger partial charge in [0.1, 0.15) is 15.7 Å². The van der Waals surface area contributed by atoms with Gasteiger partial charge in [0.2, 0.25) is 5.91 Å². The largest absolute Gasteiger partial charge is 0.355 e. The van der Waals surface area contributed by atoms with Crippen LogP contribution in [-0.2, 0) is 14.6 Å². The van der Waals surface area contributed by atoms with Crippen molar-refractivity contribution < 1.29 is 17.6 Å². The Morgan fingerprint density at radius 3 is 2.42 bits per heavy atom. The lowest BCUT2D eigenvalue weighted by Crippen LogP contribution is -2.31. The number of nitrogens with one attached hydrogen (secondary N) is 1. The number of hydrogen-bond acceptors (Lipinski definition) is 3. The van der Waals surface area contributed by atoms with Crippen molar-refractivity contribution >= 4 is 15.7 Å². The zero-order valence-corrected chi connectivity index (χ0v) is 14.9. The van der Waals surface area contributed by atoms with Crippen molar-refractivity contribution in [1.29, 1.82) is 0 Å². The van der Waals surface area contributed by atoms with Crippen LogP contribution in [0, 0.1) is 11.7 Å². The van der Waals surface area contributed by atoms with Gasteiger partial charge in [0.05, 0.1) is 5.75 Å². The van der Waals surface area contributed by atoms with Crippen molar-refractivity contribution in [2.24, 2.45) is 5.92 Å². The smallest absolute Gasteiger partial charge is 0.220 e. The van der Waals surface area contributed by atoms with Crippen molar-refractivity contribution in [2.75, 3.05) is 18.6 Å². The summed E-state index contributed by atoms with van der Waals surface area (Å²) in [4.78, 5) is 12.2. The van der Waals surface area contributed by atoms with Gasteiger partial charge in [-0.3, -0.25) is 4.79 Å². The van der Waals surface area contributed by atoms with Gasteiger partial charge < -0.3 is 5.32 Å². The van der Waals surface area contributed by atoms with Gasteiger partial charge in [0.25, 0.3) is 0 Å². The highest BCUT2D eigenvalue weighted by Gasteiger charge is 2.27. The Balaban J connectivity index is 2.02. The van der Waals surface area contributed by atoms with Crippen LogP contribution in [0.15, 0.2) is 24.3 Å². The fourth-order valence-corrected chi connectivity index (χ4v) is 3.92. The van der Waals surface area contributed by atoms with Crippen molar-refractivity contribution in [3.8, 4) is 0 Å². The molecule has 4 nitrogen and oxygen atoms in total. The number of halogens is 1. The Bertz CT molecular complexity index is 637. The van der Waals surface area contributed by atoms with Gasteiger partial charge in [-0.2, -0.15) is 0 Å². The molecule has 134 valence electrons. The predicted octanol–water partition coefficient (Wildman–Crippen LogP) is 3.04. The summed E-state index contributed by atoms with van der Waals surface area (Å²) in [6.07, 6.45) is 7.20. The topological polar surface area (TPSA) is 63.2 Å². The molecule has 1 N–H and O–H groups in total. The monoisotopic (exact) mass is 355 g/mol. The molecule has 6 heteroatoms. The number of rotatable bonds is 7. The van der Waals surface area contributed by atoms with E-state index in [2.05, 4.69) is 5.32 Å². The third-order valence-electron chi connectivity index (χ3n) is 4.72. The molecule has 0 radical (unpaired) electrons. The molecule has 2 rings (SSSR count). The Morgan fingerprint density at radius 2 is 1.83 bits per heavy atom. The summed E-state index contributed by atoms with van der Waals surface area (Å²) >= 11 is 0. The first kappa shape index (κ1) is 18.9. The maximum atomic E-state index is 13.2. The highest BCUT2D eigenvalue weighted by molar-refractivity contribution is 7.90. The van der Waals surface area contributed by atoms with Crippen molar-refractivity contribution in [3.63, 3.8) is 0 Å². The first-order valence-electron chi connectivity index (χ1n) is 8.55. The highest BCUT2D eigenvalue weighted by atomic mass is 32.2. The number of carbonyl (C=O) groups is 1. The molecule has 1 aromatic carbocycles. The summed E-state index contributed by atoms with van der Waals surface area (Å²) in [6.45, 7) is 0.137. The van der Waals surface area contributed by atoms with Crippen LogP contribution in [-0.4, -0.2) is 32.9 Å². The van der Waals surface area contributed by atoms with Gasteiger partial charge in [-0.05, 0) is 42.4 Å². The second-order valence-electron chi connectivity index (χ2n) is 6.74. The van der Waals surface area contributed by atoms with Gasteiger partial charge in [-0.15, -0.1) is 0 Å². The summed E-state index contributed by atoms with van der Waals surface area (Å²) in [6, 6.07) is 6.40. The Hall–Kier alpha value is -1.43. The number of carbonyl (C=O) groups excluding carboxylic acids is 1. The van der Waals surface area contributed by atoms with Gasteiger partial charge in [-0.1, -0.05) is 31.4 Å². The first-order chi connectivity index (χ1) is 11.3. The molecule has 0 saturated heterocycles. The van der Waals surface area contributed by atoms with Crippen molar-refractivity contribution in [3.05, 3.63) is 35.6 Å². The molecule has 0 bridgehead atoms. The van der Waals surface area contributed by atoms with Crippen molar-refractivity contribution in [1.82, 2.24) is 5.32 Å². The fourth-order valence-electron chi connectivity index (χ4n) is 3.45. The summed E-state index contributed by atoms with van der Waals surface area (Å²) in [5.74, 6) is 0.00919. The molecular weight excluding hydrogens is 329 g/mol. The van der Waals surface area contributed by atoms with Gasteiger partial charge >= 0.3 is 0 Å². The number of benzene rings is 1. The van der Waals surface area contributed by atoms with Gasteiger partial charge in [0.15, 0.2) is 0 Å². The van der Waals surface area contributed by atoms with Gasteiger partial charge in [-0.25, -0.2) is 12.8 Å². The molecule has 24 heavy (non-hydrogen) atoms. The van der Waals surface area contributed by atoms with Crippen LogP contribution in [0.3, 0.4) is 0 Å². The van der Waals surface area contributed by atoms with Crippen molar-refractivity contribution in [2.45, 2.75) is 44.4 Å². The molecule has 1 aliphatic carbocycles. The van der Waals surface area contributed by atoms with Gasteiger partial charge in [0, 0.05) is 19.2 Å². The number of amides is 1. The molecule has 1 aliphatic rings. The highest BCUT2D eigenvalue weighted by Crippen LogP contribution is 2.38. The third-order valence-corrected chi connectivity index (χ3v) is 5.66.